The number of hydrogen-bond acceptors (Lipinski definition) is 2. The summed E-state index contributed by atoms with van der Waals surface area (Å²) in [5, 5.41) is 4.82. The van der Waals surface area contributed by atoms with E-state index in [1.807, 2.05) is 6.07 Å². The Hall–Kier alpha value is -2.16. The highest BCUT2D eigenvalue weighted by Crippen LogP contribution is 2.24. The van der Waals surface area contributed by atoms with E-state index >= 15 is 0 Å². The molecule has 0 aliphatic heterocycles. The first-order valence-electron chi connectivity index (χ1n) is 7.84. The second kappa shape index (κ2) is 5.32. The Morgan fingerprint density at radius 1 is 0.905 bits per heavy atom. The monoisotopic (exact) mass is 277 g/mol. The zero-order valence-corrected chi connectivity index (χ0v) is 12.1. The van der Waals surface area contributed by atoms with Crippen LogP contribution in [0.3, 0.4) is 0 Å². The van der Waals surface area contributed by atoms with Crippen LogP contribution in [0.2, 0.25) is 0 Å². The van der Waals surface area contributed by atoms with Gasteiger partial charge in [0.05, 0.1) is 5.69 Å². The van der Waals surface area contributed by atoms with Gasteiger partial charge in [-0.3, -0.25) is 0 Å². The van der Waals surface area contributed by atoms with Gasteiger partial charge in [0.2, 0.25) is 0 Å². The number of aryl methyl sites for hydroxylation is 2. The van der Waals surface area contributed by atoms with E-state index in [-0.39, 0.29) is 0 Å². The largest absolute Gasteiger partial charge is 0.237 e. The second-order valence-corrected chi connectivity index (χ2v) is 5.81. The summed E-state index contributed by atoms with van der Waals surface area (Å²) in [6, 6.07) is 12.4. The average molecular weight is 277 g/mol. The van der Waals surface area contributed by atoms with Gasteiger partial charge >= 0.3 is 0 Å². The van der Waals surface area contributed by atoms with Crippen LogP contribution in [-0.2, 0) is 12.8 Å². The van der Waals surface area contributed by atoms with E-state index in [1.165, 1.54) is 36.9 Å². The molecule has 106 valence electrons. The Morgan fingerprint density at radius 2 is 1.71 bits per heavy atom. The van der Waals surface area contributed by atoms with Gasteiger partial charge in [0, 0.05) is 23.5 Å². The third-order valence-electron chi connectivity index (χ3n) is 4.35. The minimum atomic E-state index is 0.966. The lowest BCUT2D eigenvalue weighted by molar-refractivity contribution is 0.596. The highest BCUT2D eigenvalue weighted by molar-refractivity contribution is 5.64. The molecule has 0 saturated heterocycles. The van der Waals surface area contributed by atoms with Crippen LogP contribution >= 0.6 is 0 Å². The van der Waals surface area contributed by atoms with Gasteiger partial charge in [-0.05, 0) is 31.2 Å². The normalized spacial score (nSPS) is 15.4. The minimum Gasteiger partial charge on any atom is -0.237 e. The molecule has 21 heavy (non-hydrogen) atoms. The van der Waals surface area contributed by atoms with Gasteiger partial charge in [0.25, 0.3) is 0 Å². The average Bonchev–Trinajstić information content (AvgIpc) is 2.92. The van der Waals surface area contributed by atoms with Crippen LogP contribution in [0.5, 0.6) is 0 Å². The second-order valence-electron chi connectivity index (χ2n) is 5.81. The molecule has 0 radical (unpaired) electrons. The molecule has 0 unspecified atom stereocenters. The third kappa shape index (κ3) is 2.33. The fourth-order valence-electron chi connectivity index (χ4n) is 3.20. The van der Waals surface area contributed by atoms with Gasteiger partial charge in [0.15, 0.2) is 5.65 Å². The van der Waals surface area contributed by atoms with Crippen molar-refractivity contribution in [3.05, 3.63) is 53.9 Å². The topological polar surface area (TPSA) is 30.2 Å². The maximum Gasteiger partial charge on any atom is 0.155 e. The Balaban J connectivity index is 1.86. The molecule has 2 heterocycles. The Kier molecular flexibility index (Phi) is 3.18. The highest BCUT2D eigenvalue weighted by atomic mass is 15.3. The lowest BCUT2D eigenvalue weighted by Crippen LogP contribution is -2.08. The van der Waals surface area contributed by atoms with Crippen molar-refractivity contribution in [2.45, 2.75) is 38.5 Å². The predicted octanol–water partition coefficient (Wildman–Crippen LogP) is 4.06. The van der Waals surface area contributed by atoms with Gasteiger partial charge in [-0.2, -0.15) is 5.10 Å². The molecule has 2 aromatic heterocycles. The molecular formula is C18H19N3. The van der Waals surface area contributed by atoms with E-state index in [0.717, 1.165) is 29.7 Å². The summed E-state index contributed by atoms with van der Waals surface area (Å²) >= 11 is 0. The molecule has 4 rings (SSSR count). The molecule has 3 aromatic rings. The number of rotatable bonds is 1. The van der Waals surface area contributed by atoms with Crippen LogP contribution in [0.25, 0.3) is 16.9 Å². The molecule has 0 amide bonds. The summed E-state index contributed by atoms with van der Waals surface area (Å²) in [6.45, 7) is 0. The lowest BCUT2D eigenvalue weighted by Gasteiger charge is -2.14. The van der Waals surface area contributed by atoms with E-state index in [0.29, 0.717) is 0 Å². The molecule has 1 aliphatic carbocycles. The van der Waals surface area contributed by atoms with Crippen molar-refractivity contribution < 1.29 is 0 Å². The molecule has 0 spiro atoms. The Bertz CT molecular complexity index is 759. The maximum absolute atomic E-state index is 4.82. The summed E-state index contributed by atoms with van der Waals surface area (Å²) in [5.74, 6) is 0. The summed E-state index contributed by atoms with van der Waals surface area (Å²) in [6.07, 6.45) is 9.51. The zero-order valence-electron chi connectivity index (χ0n) is 12.1. The first-order valence-corrected chi connectivity index (χ1v) is 7.84. The van der Waals surface area contributed by atoms with Gasteiger partial charge < -0.3 is 0 Å². The van der Waals surface area contributed by atoms with E-state index < -0.39 is 0 Å². The summed E-state index contributed by atoms with van der Waals surface area (Å²) in [4.78, 5) is 4.61. The molecule has 1 aromatic carbocycles. The number of benzene rings is 1. The zero-order chi connectivity index (χ0) is 14.1. The third-order valence-corrected chi connectivity index (χ3v) is 4.35. The summed E-state index contributed by atoms with van der Waals surface area (Å²) in [5.41, 5.74) is 5.88. The number of aromatic nitrogens is 3. The predicted molar refractivity (Wildman–Crippen MR) is 84.3 cm³/mol. The number of hydrogen-bond donors (Lipinski definition) is 0. The molecule has 0 saturated carbocycles. The highest BCUT2D eigenvalue weighted by Gasteiger charge is 2.14. The van der Waals surface area contributed by atoms with E-state index in [1.54, 1.807) is 0 Å². The Morgan fingerprint density at radius 3 is 2.57 bits per heavy atom. The molecular weight excluding hydrogens is 258 g/mol. The molecule has 0 atom stereocenters. The molecule has 0 fully saturated rings. The maximum atomic E-state index is 4.82. The van der Waals surface area contributed by atoms with Crippen LogP contribution in [0, 0.1) is 0 Å². The van der Waals surface area contributed by atoms with Crippen molar-refractivity contribution in [3.63, 3.8) is 0 Å². The van der Waals surface area contributed by atoms with Crippen LogP contribution in [0.4, 0.5) is 0 Å². The van der Waals surface area contributed by atoms with Crippen molar-refractivity contribution in [1.82, 2.24) is 14.6 Å². The minimum absolute atomic E-state index is 0.966. The van der Waals surface area contributed by atoms with Crippen molar-refractivity contribution in [1.29, 1.82) is 0 Å². The fourth-order valence-corrected chi connectivity index (χ4v) is 3.20. The van der Waals surface area contributed by atoms with Crippen LogP contribution in [-0.4, -0.2) is 14.6 Å². The molecule has 3 heteroatoms. The fraction of sp³-hybridized carbons (Fsp3) is 0.333. The summed E-state index contributed by atoms with van der Waals surface area (Å²) < 4.78 is 2.07. The van der Waals surface area contributed by atoms with Gasteiger partial charge in [0.1, 0.15) is 0 Å². The van der Waals surface area contributed by atoms with Crippen molar-refractivity contribution in [3.8, 4) is 11.3 Å². The quantitative estimate of drug-likeness (QED) is 0.671. The number of fused-ring (bicyclic) bond motifs is 3. The van der Waals surface area contributed by atoms with Crippen molar-refractivity contribution >= 4 is 5.65 Å². The van der Waals surface area contributed by atoms with Gasteiger partial charge in [-0.25, -0.2) is 9.50 Å². The van der Waals surface area contributed by atoms with Crippen LogP contribution in [0.1, 0.15) is 36.9 Å². The molecule has 1 aliphatic rings. The van der Waals surface area contributed by atoms with Gasteiger partial charge in [-0.15, -0.1) is 0 Å². The van der Waals surface area contributed by atoms with E-state index in [2.05, 4.69) is 46.0 Å². The molecule has 3 nitrogen and oxygen atoms in total. The Labute approximate surface area is 124 Å². The van der Waals surface area contributed by atoms with E-state index in [4.69, 9.17) is 5.10 Å². The standard InChI is InChI=1S/C18H19N3/c1-2-7-11-17-15(10-4-1)13-19-18-12-16(20-21(17)18)14-8-5-3-6-9-14/h3,5-6,8-9,12-13H,1-2,4,7,10-11H2. The van der Waals surface area contributed by atoms with Crippen molar-refractivity contribution in [2.75, 3.05) is 0 Å². The smallest absolute Gasteiger partial charge is 0.155 e. The lowest BCUT2D eigenvalue weighted by atomic mass is 9.98. The van der Waals surface area contributed by atoms with E-state index in [9.17, 15) is 0 Å². The summed E-state index contributed by atoms with van der Waals surface area (Å²) in [7, 11) is 0. The van der Waals surface area contributed by atoms with Crippen molar-refractivity contribution in [2.24, 2.45) is 0 Å². The van der Waals surface area contributed by atoms with Crippen LogP contribution in [0.15, 0.2) is 42.6 Å². The molecule has 0 N–H and O–H groups in total. The van der Waals surface area contributed by atoms with Gasteiger partial charge in [-0.1, -0.05) is 43.2 Å². The molecule has 0 bridgehead atoms. The van der Waals surface area contributed by atoms with Crippen LogP contribution < -0.4 is 0 Å². The first kappa shape index (κ1) is 12.6. The SMILES string of the molecule is c1ccc(-c2cc3ncc4c(n3n2)CCCCCC4)cc1. The first-order chi connectivity index (χ1) is 10.4. The number of nitrogens with zero attached hydrogens (tertiary/aromatic N) is 3.